The first-order chi connectivity index (χ1) is 12.7. The number of rotatable bonds is 2. The van der Waals surface area contributed by atoms with Crippen LogP contribution in [0.2, 0.25) is 5.02 Å². The quantitative estimate of drug-likeness (QED) is 0.623. The average molecular weight is 365 g/mol. The maximum absolute atomic E-state index is 12.9. The predicted molar refractivity (Wildman–Crippen MR) is 105 cm³/mol. The van der Waals surface area contributed by atoms with Crippen LogP contribution in [0, 0.1) is 0 Å². The van der Waals surface area contributed by atoms with Crippen LogP contribution in [0.25, 0.3) is 10.9 Å². The first kappa shape index (κ1) is 16.1. The van der Waals surface area contributed by atoms with E-state index in [1.165, 1.54) is 16.8 Å². The van der Waals surface area contributed by atoms with Gasteiger partial charge in [-0.25, -0.2) is 0 Å². The highest BCUT2D eigenvalue weighted by molar-refractivity contribution is 6.31. The zero-order chi connectivity index (χ0) is 17.7. The van der Waals surface area contributed by atoms with E-state index >= 15 is 0 Å². The molecule has 2 aromatic carbocycles. The van der Waals surface area contributed by atoms with Gasteiger partial charge in [0.25, 0.3) is 0 Å². The summed E-state index contributed by atoms with van der Waals surface area (Å²) >= 11 is 6.27. The number of nitrogens with zero attached hydrogens (tertiary/aromatic N) is 2. The number of fused-ring (bicyclic) bond motifs is 3. The summed E-state index contributed by atoms with van der Waals surface area (Å²) in [6.07, 6.45) is 3.57. The molecule has 0 saturated heterocycles. The smallest absolute Gasteiger partial charge is 0.231 e. The number of halogens is 1. The molecule has 1 atom stereocenters. The zero-order valence-corrected chi connectivity index (χ0v) is 15.4. The van der Waals surface area contributed by atoms with Crippen LogP contribution in [0.3, 0.4) is 0 Å². The lowest BCUT2D eigenvalue weighted by Crippen LogP contribution is -2.35. The Hall–Kier alpha value is -2.10. The lowest BCUT2D eigenvalue weighted by molar-refractivity contribution is 0.0906. The molecule has 2 aliphatic heterocycles. The van der Waals surface area contributed by atoms with Gasteiger partial charge in [0.1, 0.15) is 0 Å². The minimum Gasteiger partial charge on any atom is -0.290 e. The van der Waals surface area contributed by atoms with Crippen LogP contribution >= 0.6 is 11.6 Å². The Labute approximate surface area is 158 Å². The molecule has 0 spiro atoms. The zero-order valence-electron chi connectivity index (χ0n) is 14.6. The molecule has 2 aliphatic rings. The molecule has 132 valence electrons. The Morgan fingerprint density at radius 2 is 1.92 bits per heavy atom. The number of benzene rings is 2. The van der Waals surface area contributed by atoms with Gasteiger partial charge in [0, 0.05) is 35.6 Å². The SMILES string of the molecule is O=C1CCCC2c3c(c4cc(Cl)ccc4n31)CCN2Cc1ccccc1. The first-order valence-electron chi connectivity index (χ1n) is 9.36. The molecule has 3 nitrogen and oxygen atoms in total. The summed E-state index contributed by atoms with van der Waals surface area (Å²) in [6.45, 7) is 1.95. The van der Waals surface area contributed by atoms with Crippen molar-refractivity contribution in [1.29, 1.82) is 0 Å². The third-order valence-corrected chi connectivity index (χ3v) is 6.06. The highest BCUT2D eigenvalue weighted by Crippen LogP contribution is 2.42. The Kier molecular flexibility index (Phi) is 3.87. The van der Waals surface area contributed by atoms with E-state index in [0.29, 0.717) is 12.5 Å². The lowest BCUT2D eigenvalue weighted by Gasteiger charge is -2.36. The minimum absolute atomic E-state index is 0.225. The Morgan fingerprint density at radius 1 is 1.08 bits per heavy atom. The Morgan fingerprint density at radius 3 is 2.77 bits per heavy atom. The van der Waals surface area contributed by atoms with Crippen molar-refractivity contribution in [3.63, 3.8) is 0 Å². The van der Waals surface area contributed by atoms with Crippen molar-refractivity contribution in [2.45, 2.75) is 38.3 Å². The van der Waals surface area contributed by atoms with E-state index in [0.717, 1.165) is 48.3 Å². The molecule has 0 aliphatic carbocycles. The summed E-state index contributed by atoms with van der Waals surface area (Å²) in [7, 11) is 0. The van der Waals surface area contributed by atoms with E-state index in [9.17, 15) is 4.79 Å². The second-order valence-electron chi connectivity index (χ2n) is 7.37. The first-order valence-corrected chi connectivity index (χ1v) is 9.74. The van der Waals surface area contributed by atoms with E-state index in [-0.39, 0.29) is 5.91 Å². The summed E-state index contributed by atoms with van der Waals surface area (Å²) in [5.41, 5.74) is 4.90. The van der Waals surface area contributed by atoms with E-state index in [1.807, 2.05) is 22.8 Å². The van der Waals surface area contributed by atoms with Crippen molar-refractivity contribution in [3.05, 3.63) is 70.4 Å². The maximum atomic E-state index is 12.9. The van der Waals surface area contributed by atoms with Gasteiger partial charge in [-0.15, -0.1) is 0 Å². The molecule has 4 heteroatoms. The summed E-state index contributed by atoms with van der Waals surface area (Å²) in [5.74, 6) is 0.225. The van der Waals surface area contributed by atoms with E-state index in [2.05, 4.69) is 35.2 Å². The van der Waals surface area contributed by atoms with Crippen molar-refractivity contribution >= 4 is 28.4 Å². The molecule has 0 fully saturated rings. The third-order valence-electron chi connectivity index (χ3n) is 5.83. The fourth-order valence-electron chi connectivity index (χ4n) is 4.70. The summed E-state index contributed by atoms with van der Waals surface area (Å²) in [6, 6.07) is 16.9. The molecular weight excluding hydrogens is 344 g/mol. The molecule has 26 heavy (non-hydrogen) atoms. The lowest BCUT2D eigenvalue weighted by atomic mass is 9.94. The average Bonchev–Trinajstić information content (AvgIpc) is 2.86. The second kappa shape index (κ2) is 6.26. The van der Waals surface area contributed by atoms with Crippen molar-refractivity contribution < 1.29 is 4.79 Å². The topological polar surface area (TPSA) is 25.2 Å². The molecule has 0 radical (unpaired) electrons. The molecule has 1 aromatic heterocycles. The molecule has 0 bridgehead atoms. The van der Waals surface area contributed by atoms with Gasteiger partial charge in [-0.05, 0) is 48.6 Å². The highest BCUT2D eigenvalue weighted by atomic mass is 35.5. The van der Waals surface area contributed by atoms with E-state index < -0.39 is 0 Å². The fraction of sp³-hybridized carbons (Fsp3) is 0.318. The molecule has 0 N–H and O–H groups in total. The molecule has 0 saturated carbocycles. The number of hydrogen-bond acceptors (Lipinski definition) is 2. The van der Waals surface area contributed by atoms with Crippen molar-refractivity contribution in [1.82, 2.24) is 9.47 Å². The van der Waals surface area contributed by atoms with Crippen molar-refractivity contribution in [2.75, 3.05) is 6.54 Å². The molecule has 0 amide bonds. The van der Waals surface area contributed by atoms with Gasteiger partial charge in [0.2, 0.25) is 5.91 Å². The molecule has 1 unspecified atom stereocenters. The predicted octanol–water partition coefficient (Wildman–Crippen LogP) is 5.22. The van der Waals surface area contributed by atoms with Crippen LogP contribution in [0.5, 0.6) is 0 Å². The van der Waals surface area contributed by atoms with Crippen LogP contribution < -0.4 is 0 Å². The largest absolute Gasteiger partial charge is 0.290 e. The van der Waals surface area contributed by atoms with Gasteiger partial charge in [0.05, 0.1) is 11.6 Å². The van der Waals surface area contributed by atoms with Crippen LogP contribution in [0.15, 0.2) is 48.5 Å². The van der Waals surface area contributed by atoms with Gasteiger partial charge >= 0.3 is 0 Å². The van der Waals surface area contributed by atoms with Gasteiger partial charge in [-0.3, -0.25) is 14.3 Å². The fourth-order valence-corrected chi connectivity index (χ4v) is 4.87. The normalized spacial score (nSPS) is 20.2. The molecule has 3 heterocycles. The number of carbonyl (C=O) groups excluding carboxylic acids is 1. The Balaban J connectivity index is 1.65. The van der Waals surface area contributed by atoms with Crippen molar-refractivity contribution in [2.24, 2.45) is 0 Å². The number of hydrogen-bond donors (Lipinski definition) is 0. The van der Waals surface area contributed by atoms with Gasteiger partial charge in [0.15, 0.2) is 0 Å². The summed E-state index contributed by atoms with van der Waals surface area (Å²) < 4.78 is 2.00. The number of aromatic nitrogens is 1. The van der Waals surface area contributed by atoms with Crippen molar-refractivity contribution in [3.8, 4) is 0 Å². The monoisotopic (exact) mass is 364 g/mol. The third kappa shape index (κ3) is 2.50. The van der Waals surface area contributed by atoms with Gasteiger partial charge < -0.3 is 0 Å². The molecule has 5 rings (SSSR count). The van der Waals surface area contributed by atoms with Crippen LogP contribution in [0.1, 0.15) is 46.9 Å². The summed E-state index contributed by atoms with van der Waals surface area (Å²) in [4.78, 5) is 15.4. The van der Waals surface area contributed by atoms with Gasteiger partial charge in [-0.2, -0.15) is 0 Å². The highest BCUT2D eigenvalue weighted by Gasteiger charge is 2.36. The summed E-state index contributed by atoms with van der Waals surface area (Å²) in [5, 5.41) is 1.90. The second-order valence-corrected chi connectivity index (χ2v) is 7.80. The van der Waals surface area contributed by atoms with Crippen LogP contribution in [0.4, 0.5) is 0 Å². The van der Waals surface area contributed by atoms with Gasteiger partial charge in [-0.1, -0.05) is 41.9 Å². The Bertz CT molecular complexity index is 992. The van der Waals surface area contributed by atoms with E-state index in [1.54, 1.807) is 0 Å². The maximum Gasteiger partial charge on any atom is 0.231 e. The minimum atomic E-state index is 0.225. The van der Waals surface area contributed by atoms with Crippen LogP contribution in [-0.2, 0) is 13.0 Å². The van der Waals surface area contributed by atoms with Crippen LogP contribution in [-0.4, -0.2) is 21.9 Å². The van der Waals surface area contributed by atoms with E-state index in [4.69, 9.17) is 11.6 Å². The molecular formula is C22H21ClN2O. The molecule has 3 aromatic rings. The standard InChI is InChI=1S/C22H21ClN2O/c23-16-9-10-19-18(13-16)17-11-12-24(14-15-5-2-1-3-6-15)20-7-4-8-21(26)25(19)22(17)20/h1-3,5-6,9-10,13,20H,4,7-8,11-12,14H2. The number of carbonyl (C=O) groups is 1.